The van der Waals surface area contributed by atoms with E-state index in [1.54, 1.807) is 24.3 Å². The fourth-order valence-corrected chi connectivity index (χ4v) is 3.49. The maximum absolute atomic E-state index is 12.3. The molecule has 7 heteroatoms. The summed E-state index contributed by atoms with van der Waals surface area (Å²) < 4.78 is 25.7. The zero-order valence-electron chi connectivity index (χ0n) is 9.60. The molecular formula is C11H13BrN2O3S. The van der Waals surface area contributed by atoms with Crippen LogP contribution in [0.25, 0.3) is 0 Å². The topological polar surface area (TPSA) is 66.5 Å². The third-order valence-electron chi connectivity index (χ3n) is 2.72. The second-order valence-corrected chi connectivity index (χ2v) is 6.46. The maximum Gasteiger partial charge on any atom is 0.243 e. The van der Waals surface area contributed by atoms with E-state index in [1.807, 2.05) is 0 Å². The number of benzene rings is 1. The van der Waals surface area contributed by atoms with Crippen LogP contribution in [0.15, 0.2) is 29.2 Å². The van der Waals surface area contributed by atoms with Gasteiger partial charge in [0.15, 0.2) is 0 Å². The number of nitrogens with one attached hydrogen (secondary N) is 1. The summed E-state index contributed by atoms with van der Waals surface area (Å²) in [5.41, 5.74) is 1.00. The highest BCUT2D eigenvalue weighted by Gasteiger charge is 2.28. The average molecular weight is 333 g/mol. The highest BCUT2D eigenvalue weighted by Crippen LogP contribution is 2.17. The molecule has 1 aromatic rings. The van der Waals surface area contributed by atoms with E-state index in [0.717, 1.165) is 5.56 Å². The van der Waals surface area contributed by atoms with Crippen LogP contribution in [0.1, 0.15) is 5.56 Å². The molecule has 0 aromatic heterocycles. The number of nitrogens with zero attached hydrogens (tertiary/aromatic N) is 1. The summed E-state index contributed by atoms with van der Waals surface area (Å²) in [6.07, 6.45) is 0. The van der Waals surface area contributed by atoms with Gasteiger partial charge in [-0.1, -0.05) is 28.1 Å². The molecule has 1 aliphatic rings. The number of carbonyl (C=O) groups is 1. The number of carbonyl (C=O) groups excluding carboxylic acids is 1. The lowest BCUT2D eigenvalue weighted by Gasteiger charge is -2.25. The number of amides is 1. The Labute approximate surface area is 114 Å². The molecule has 0 saturated carbocycles. The first-order valence-corrected chi connectivity index (χ1v) is 8.02. The van der Waals surface area contributed by atoms with Gasteiger partial charge in [0, 0.05) is 18.4 Å². The fraction of sp³-hybridized carbons (Fsp3) is 0.364. The van der Waals surface area contributed by atoms with E-state index in [2.05, 4.69) is 21.2 Å². The van der Waals surface area contributed by atoms with Crippen molar-refractivity contribution in [3.63, 3.8) is 0 Å². The molecule has 98 valence electrons. The quantitative estimate of drug-likeness (QED) is 0.828. The maximum atomic E-state index is 12.3. The van der Waals surface area contributed by atoms with E-state index < -0.39 is 10.0 Å². The van der Waals surface area contributed by atoms with Crippen molar-refractivity contribution >= 4 is 31.9 Å². The number of hydrogen-bond donors (Lipinski definition) is 1. The van der Waals surface area contributed by atoms with Crippen molar-refractivity contribution in [3.8, 4) is 0 Å². The van der Waals surface area contributed by atoms with Gasteiger partial charge in [0.05, 0.1) is 11.4 Å². The van der Waals surface area contributed by atoms with Gasteiger partial charge in [-0.05, 0) is 17.7 Å². The van der Waals surface area contributed by atoms with E-state index in [1.165, 1.54) is 4.31 Å². The van der Waals surface area contributed by atoms with Crippen LogP contribution < -0.4 is 5.32 Å². The fourth-order valence-electron chi connectivity index (χ4n) is 1.72. The van der Waals surface area contributed by atoms with Gasteiger partial charge in [-0.15, -0.1) is 0 Å². The van der Waals surface area contributed by atoms with Crippen LogP contribution in [-0.2, 0) is 20.1 Å². The van der Waals surface area contributed by atoms with Crippen molar-refractivity contribution in [2.75, 3.05) is 19.6 Å². The lowest BCUT2D eigenvalue weighted by molar-refractivity contribution is -0.122. The Kier molecular flexibility index (Phi) is 4.04. The Morgan fingerprint density at radius 1 is 1.28 bits per heavy atom. The lowest BCUT2D eigenvalue weighted by Crippen LogP contribution is -2.49. The highest BCUT2D eigenvalue weighted by atomic mass is 79.9. The second-order valence-electron chi connectivity index (χ2n) is 3.97. The molecule has 0 atom stereocenters. The molecule has 1 saturated heterocycles. The molecule has 1 aliphatic heterocycles. The molecular weight excluding hydrogens is 320 g/mol. The Hall–Kier alpha value is -0.920. The molecule has 0 bridgehead atoms. The smallest absolute Gasteiger partial charge is 0.243 e. The van der Waals surface area contributed by atoms with Crippen LogP contribution in [0.5, 0.6) is 0 Å². The monoisotopic (exact) mass is 332 g/mol. The SMILES string of the molecule is O=C1CN(S(=O)(=O)c2ccc(CBr)cc2)CCN1. The number of alkyl halides is 1. The van der Waals surface area contributed by atoms with Crippen molar-refractivity contribution < 1.29 is 13.2 Å². The van der Waals surface area contributed by atoms with Crippen molar-refractivity contribution in [1.29, 1.82) is 0 Å². The molecule has 5 nitrogen and oxygen atoms in total. The van der Waals surface area contributed by atoms with Gasteiger partial charge in [-0.3, -0.25) is 4.79 Å². The Morgan fingerprint density at radius 3 is 2.50 bits per heavy atom. The first-order chi connectivity index (χ1) is 8.54. The second kappa shape index (κ2) is 5.38. The molecule has 0 unspecified atom stereocenters. The van der Waals surface area contributed by atoms with Gasteiger partial charge in [-0.2, -0.15) is 4.31 Å². The van der Waals surface area contributed by atoms with E-state index in [-0.39, 0.29) is 17.3 Å². The first-order valence-electron chi connectivity index (χ1n) is 5.46. The normalized spacial score (nSPS) is 17.5. The Bertz CT molecular complexity index is 542. The molecule has 18 heavy (non-hydrogen) atoms. The summed E-state index contributed by atoms with van der Waals surface area (Å²) in [4.78, 5) is 11.5. The predicted octanol–water partition coefficient (Wildman–Crippen LogP) is 0.702. The summed E-state index contributed by atoms with van der Waals surface area (Å²) in [5, 5.41) is 3.28. The van der Waals surface area contributed by atoms with Gasteiger partial charge >= 0.3 is 0 Å². The molecule has 1 aromatic carbocycles. The standard InChI is InChI=1S/C11H13BrN2O3S/c12-7-9-1-3-10(4-2-9)18(16,17)14-6-5-13-11(15)8-14/h1-4H,5-8H2,(H,13,15). The first kappa shape index (κ1) is 13.5. The summed E-state index contributed by atoms with van der Waals surface area (Å²) >= 11 is 3.30. The van der Waals surface area contributed by atoms with E-state index in [9.17, 15) is 13.2 Å². The van der Waals surface area contributed by atoms with Crippen LogP contribution in [0.4, 0.5) is 0 Å². The number of rotatable bonds is 3. The third kappa shape index (κ3) is 2.73. The number of piperazine rings is 1. The van der Waals surface area contributed by atoms with E-state index in [0.29, 0.717) is 18.4 Å². The molecule has 0 aliphatic carbocycles. The Morgan fingerprint density at radius 2 is 1.94 bits per heavy atom. The molecule has 0 radical (unpaired) electrons. The average Bonchev–Trinajstić information content (AvgIpc) is 2.39. The van der Waals surface area contributed by atoms with Crippen LogP contribution in [0, 0.1) is 0 Å². The van der Waals surface area contributed by atoms with Crippen LogP contribution in [0.3, 0.4) is 0 Å². The zero-order chi connectivity index (χ0) is 13.2. The van der Waals surface area contributed by atoms with Gasteiger partial charge in [-0.25, -0.2) is 8.42 Å². The minimum absolute atomic E-state index is 0.109. The minimum atomic E-state index is -3.56. The third-order valence-corrected chi connectivity index (χ3v) is 5.23. The van der Waals surface area contributed by atoms with Crippen LogP contribution in [0.2, 0.25) is 0 Å². The van der Waals surface area contributed by atoms with Crippen molar-refractivity contribution in [2.45, 2.75) is 10.2 Å². The summed E-state index contributed by atoms with van der Waals surface area (Å²) in [5.74, 6) is -0.262. The zero-order valence-corrected chi connectivity index (χ0v) is 12.0. The summed E-state index contributed by atoms with van der Waals surface area (Å²) in [6.45, 7) is 0.564. The number of hydrogen-bond acceptors (Lipinski definition) is 3. The van der Waals surface area contributed by atoms with Crippen LogP contribution in [-0.4, -0.2) is 38.3 Å². The van der Waals surface area contributed by atoms with E-state index >= 15 is 0 Å². The van der Waals surface area contributed by atoms with Crippen molar-refractivity contribution in [3.05, 3.63) is 29.8 Å². The van der Waals surface area contributed by atoms with Gasteiger partial charge in [0.25, 0.3) is 0 Å². The van der Waals surface area contributed by atoms with Crippen molar-refractivity contribution in [1.82, 2.24) is 9.62 Å². The molecule has 1 N–H and O–H groups in total. The van der Waals surface area contributed by atoms with Gasteiger partial charge in [0.1, 0.15) is 0 Å². The van der Waals surface area contributed by atoms with Crippen molar-refractivity contribution in [2.24, 2.45) is 0 Å². The molecule has 1 amide bonds. The summed E-state index contributed by atoms with van der Waals surface area (Å²) in [6, 6.07) is 6.65. The van der Waals surface area contributed by atoms with Crippen LogP contribution >= 0.6 is 15.9 Å². The largest absolute Gasteiger partial charge is 0.354 e. The lowest BCUT2D eigenvalue weighted by atomic mass is 10.2. The summed E-state index contributed by atoms with van der Waals surface area (Å²) in [7, 11) is -3.56. The molecule has 2 rings (SSSR count). The number of halogens is 1. The van der Waals surface area contributed by atoms with Gasteiger partial charge < -0.3 is 5.32 Å². The Balaban J connectivity index is 2.26. The number of sulfonamides is 1. The molecule has 1 heterocycles. The van der Waals surface area contributed by atoms with E-state index in [4.69, 9.17) is 0 Å². The van der Waals surface area contributed by atoms with Gasteiger partial charge in [0.2, 0.25) is 15.9 Å². The molecule has 0 spiro atoms. The minimum Gasteiger partial charge on any atom is -0.354 e. The molecule has 1 fully saturated rings. The highest BCUT2D eigenvalue weighted by molar-refractivity contribution is 9.08. The predicted molar refractivity (Wildman–Crippen MR) is 70.8 cm³/mol.